The van der Waals surface area contributed by atoms with Crippen molar-refractivity contribution in [3.8, 4) is 16.8 Å². The van der Waals surface area contributed by atoms with Gasteiger partial charge in [-0.05, 0) is 63.6 Å². The number of aryl methyl sites for hydroxylation is 2. The predicted molar refractivity (Wildman–Crippen MR) is 154 cm³/mol. The first-order valence-electron chi connectivity index (χ1n) is 12.2. The average molecular weight is 550 g/mol. The molecule has 3 aromatic carbocycles. The van der Waals surface area contributed by atoms with Gasteiger partial charge in [-0.3, -0.25) is 4.79 Å². The maximum absolute atomic E-state index is 13.4. The maximum atomic E-state index is 13.4. The van der Waals surface area contributed by atoms with Crippen molar-refractivity contribution in [2.24, 2.45) is 0 Å². The number of carbonyl (C=O) groups is 2. The molecular formula is C29H29Cl2N5O2. The number of nitrogens with zero attached hydrogens (tertiary/aromatic N) is 3. The zero-order chi connectivity index (χ0) is 27.4. The van der Waals surface area contributed by atoms with Gasteiger partial charge in [0.05, 0.1) is 21.4 Å². The van der Waals surface area contributed by atoms with E-state index >= 15 is 0 Å². The molecule has 1 heterocycles. The minimum atomic E-state index is -0.431. The second-order valence-electron chi connectivity index (χ2n) is 9.25. The number of rotatable bonds is 7. The van der Waals surface area contributed by atoms with E-state index in [-0.39, 0.29) is 18.5 Å². The van der Waals surface area contributed by atoms with Gasteiger partial charge in [0.25, 0.3) is 0 Å². The third-order valence-electron chi connectivity index (χ3n) is 6.03. The quantitative estimate of drug-likeness (QED) is 0.253. The van der Waals surface area contributed by atoms with Gasteiger partial charge in [0.1, 0.15) is 12.4 Å². The lowest BCUT2D eigenvalue weighted by atomic mass is 10.1. The molecule has 4 aromatic rings. The van der Waals surface area contributed by atoms with Crippen molar-refractivity contribution in [3.63, 3.8) is 0 Å². The summed E-state index contributed by atoms with van der Waals surface area (Å²) >= 11 is 12.1. The number of nitrogens with one attached hydrogen (secondary N) is 2. The lowest BCUT2D eigenvalue weighted by molar-refractivity contribution is -0.117. The van der Waals surface area contributed by atoms with E-state index < -0.39 is 6.03 Å². The molecule has 0 spiro atoms. The van der Waals surface area contributed by atoms with E-state index in [1.165, 1.54) is 4.90 Å². The molecule has 4 rings (SSSR count). The highest BCUT2D eigenvalue weighted by Gasteiger charge is 2.24. The van der Waals surface area contributed by atoms with Crippen LogP contribution in [0, 0.1) is 13.8 Å². The van der Waals surface area contributed by atoms with E-state index in [4.69, 9.17) is 28.3 Å². The lowest BCUT2D eigenvalue weighted by Gasteiger charge is -2.26. The number of benzene rings is 3. The zero-order valence-electron chi connectivity index (χ0n) is 21.6. The topological polar surface area (TPSA) is 79.3 Å². The van der Waals surface area contributed by atoms with Gasteiger partial charge in [-0.2, -0.15) is 5.10 Å². The van der Waals surface area contributed by atoms with Crippen LogP contribution < -0.4 is 10.6 Å². The van der Waals surface area contributed by atoms with Crippen LogP contribution in [0.2, 0.25) is 10.0 Å². The van der Waals surface area contributed by atoms with E-state index in [1.54, 1.807) is 22.9 Å². The summed E-state index contributed by atoms with van der Waals surface area (Å²) in [5, 5.41) is 11.3. The normalized spacial score (nSPS) is 10.9. The van der Waals surface area contributed by atoms with Gasteiger partial charge in [0.2, 0.25) is 5.91 Å². The first-order valence-corrected chi connectivity index (χ1v) is 12.9. The van der Waals surface area contributed by atoms with Crippen molar-refractivity contribution in [1.82, 2.24) is 14.7 Å². The Kier molecular flexibility index (Phi) is 8.39. The van der Waals surface area contributed by atoms with Crippen LogP contribution in [-0.4, -0.2) is 39.2 Å². The second kappa shape index (κ2) is 11.7. The first kappa shape index (κ1) is 27.2. The molecule has 0 unspecified atom stereocenters. The molecule has 3 amide bonds. The maximum Gasteiger partial charge on any atom is 0.322 e. The summed E-state index contributed by atoms with van der Waals surface area (Å²) in [6.07, 6.45) is 0. The Bertz CT molecular complexity index is 1450. The molecule has 0 saturated carbocycles. The highest BCUT2D eigenvalue weighted by molar-refractivity contribution is 6.42. The van der Waals surface area contributed by atoms with E-state index in [0.29, 0.717) is 21.6 Å². The summed E-state index contributed by atoms with van der Waals surface area (Å²) in [5.74, 6) is 0.185. The van der Waals surface area contributed by atoms with Crippen molar-refractivity contribution in [2.75, 3.05) is 17.2 Å². The van der Waals surface area contributed by atoms with Crippen molar-refractivity contribution in [3.05, 3.63) is 94.1 Å². The second-order valence-corrected chi connectivity index (χ2v) is 10.1. The number of halogens is 2. The van der Waals surface area contributed by atoms with E-state index in [1.807, 2.05) is 82.3 Å². The van der Waals surface area contributed by atoms with Crippen LogP contribution in [0.25, 0.3) is 16.8 Å². The molecule has 9 heteroatoms. The van der Waals surface area contributed by atoms with Crippen LogP contribution in [-0.2, 0) is 4.79 Å². The van der Waals surface area contributed by atoms with Crippen LogP contribution in [0.3, 0.4) is 0 Å². The molecule has 2 N–H and O–H groups in total. The monoisotopic (exact) mass is 549 g/mol. The number of carbonyl (C=O) groups excluding carboxylic acids is 2. The fourth-order valence-corrected chi connectivity index (χ4v) is 4.35. The Balaban J connectivity index is 1.62. The molecule has 0 fully saturated rings. The number of urea groups is 1. The Morgan fingerprint density at radius 3 is 2.24 bits per heavy atom. The van der Waals surface area contributed by atoms with Crippen LogP contribution in [0.4, 0.5) is 16.3 Å². The number of hydrogen-bond donors (Lipinski definition) is 2. The number of amides is 3. The molecule has 1 aromatic heterocycles. The lowest BCUT2D eigenvalue weighted by Crippen LogP contribution is -2.44. The third-order valence-corrected chi connectivity index (χ3v) is 6.77. The fraction of sp³-hybridized carbons (Fsp3) is 0.207. The summed E-state index contributed by atoms with van der Waals surface area (Å²) < 4.78 is 1.73. The first-order chi connectivity index (χ1) is 18.1. The SMILES string of the molecule is Cc1ccc(-n2nc(C)c(-c3ccccc3)c2NC(=O)CN(C(=O)Nc2ccc(Cl)c(Cl)c2)C(C)C)cc1. The van der Waals surface area contributed by atoms with Gasteiger partial charge >= 0.3 is 6.03 Å². The summed E-state index contributed by atoms with van der Waals surface area (Å²) in [7, 11) is 0. The van der Waals surface area contributed by atoms with Crippen LogP contribution in [0.15, 0.2) is 72.8 Å². The van der Waals surface area contributed by atoms with Crippen LogP contribution >= 0.6 is 23.2 Å². The molecule has 0 aliphatic rings. The van der Waals surface area contributed by atoms with Gasteiger partial charge in [0, 0.05) is 17.3 Å². The van der Waals surface area contributed by atoms with E-state index in [0.717, 1.165) is 28.1 Å². The molecular weight excluding hydrogens is 521 g/mol. The molecule has 0 saturated heterocycles. The van der Waals surface area contributed by atoms with Crippen LogP contribution in [0.1, 0.15) is 25.1 Å². The molecule has 7 nitrogen and oxygen atoms in total. The third kappa shape index (κ3) is 6.18. The van der Waals surface area contributed by atoms with Gasteiger partial charge in [-0.25, -0.2) is 9.48 Å². The Morgan fingerprint density at radius 1 is 0.921 bits per heavy atom. The Labute approximate surface area is 232 Å². The van der Waals surface area contributed by atoms with Crippen molar-refractivity contribution < 1.29 is 9.59 Å². The number of hydrogen-bond acceptors (Lipinski definition) is 3. The van der Waals surface area contributed by atoms with Crippen molar-refractivity contribution in [2.45, 2.75) is 33.7 Å². The minimum Gasteiger partial charge on any atom is -0.313 e. The number of aromatic nitrogens is 2. The summed E-state index contributed by atoms with van der Waals surface area (Å²) in [4.78, 5) is 27.9. The number of anilines is 2. The van der Waals surface area contributed by atoms with E-state index in [2.05, 4.69) is 10.6 Å². The highest BCUT2D eigenvalue weighted by Crippen LogP contribution is 2.33. The van der Waals surface area contributed by atoms with Crippen molar-refractivity contribution >= 4 is 46.6 Å². The minimum absolute atomic E-state index is 0.169. The summed E-state index contributed by atoms with van der Waals surface area (Å²) in [6, 6.07) is 21.8. The van der Waals surface area contributed by atoms with Gasteiger partial charge in [0.15, 0.2) is 0 Å². The molecule has 0 aliphatic carbocycles. The smallest absolute Gasteiger partial charge is 0.313 e. The fourth-order valence-electron chi connectivity index (χ4n) is 4.05. The predicted octanol–water partition coefficient (Wildman–Crippen LogP) is 7.34. The molecule has 0 aliphatic heterocycles. The van der Waals surface area contributed by atoms with Gasteiger partial charge in [-0.15, -0.1) is 0 Å². The summed E-state index contributed by atoms with van der Waals surface area (Å²) in [5.41, 5.74) is 4.92. The molecule has 0 atom stereocenters. The highest BCUT2D eigenvalue weighted by atomic mass is 35.5. The molecule has 0 bridgehead atoms. The molecule has 0 radical (unpaired) electrons. The van der Waals surface area contributed by atoms with Crippen molar-refractivity contribution in [1.29, 1.82) is 0 Å². The standard InChI is InChI=1S/C29H29Cl2N5O2/c1-18(2)35(29(38)32-22-12-15-24(30)25(31)16-22)17-26(37)33-28-27(21-8-6-5-7-9-21)20(4)34-36(28)23-13-10-19(3)11-14-23/h5-16,18H,17H2,1-4H3,(H,32,38)(H,33,37). The zero-order valence-corrected chi connectivity index (χ0v) is 23.1. The van der Waals surface area contributed by atoms with Gasteiger partial charge in [-0.1, -0.05) is 71.2 Å². The summed E-state index contributed by atoms with van der Waals surface area (Å²) in [6.45, 7) is 7.44. The van der Waals surface area contributed by atoms with Crippen LogP contribution in [0.5, 0.6) is 0 Å². The Morgan fingerprint density at radius 2 is 1.61 bits per heavy atom. The average Bonchev–Trinajstić information content (AvgIpc) is 3.20. The molecule has 38 heavy (non-hydrogen) atoms. The van der Waals surface area contributed by atoms with E-state index in [9.17, 15) is 9.59 Å². The van der Waals surface area contributed by atoms with Gasteiger partial charge < -0.3 is 15.5 Å². The molecule has 196 valence electrons. The largest absolute Gasteiger partial charge is 0.322 e. The Hall–Kier alpha value is -3.81.